The summed E-state index contributed by atoms with van der Waals surface area (Å²) in [5, 5.41) is 3.47. The van der Waals surface area contributed by atoms with E-state index in [-0.39, 0.29) is 24.6 Å². The lowest BCUT2D eigenvalue weighted by molar-refractivity contribution is -0.140. The van der Waals surface area contributed by atoms with Gasteiger partial charge in [0.1, 0.15) is 24.9 Å². The highest BCUT2D eigenvalue weighted by Crippen LogP contribution is 2.26. The molecule has 1 unspecified atom stereocenters. The van der Waals surface area contributed by atoms with Gasteiger partial charge in [0.15, 0.2) is 0 Å². The Balaban J connectivity index is 1.64. The van der Waals surface area contributed by atoms with Crippen LogP contribution in [0.4, 0.5) is 5.69 Å². The number of sulfonamides is 1. The Morgan fingerprint density at radius 3 is 2.02 bits per heavy atom. The van der Waals surface area contributed by atoms with Crippen molar-refractivity contribution in [3.05, 3.63) is 130 Å². The number of halogens is 2. The molecule has 0 bridgehead atoms. The van der Waals surface area contributed by atoms with Gasteiger partial charge in [-0.05, 0) is 60.0 Å². The van der Waals surface area contributed by atoms with Crippen molar-refractivity contribution in [1.82, 2.24) is 10.2 Å². The number of hydrogen-bond donors (Lipinski definition) is 1. The summed E-state index contributed by atoms with van der Waals surface area (Å²) >= 11 is 12.4. The molecule has 0 fully saturated rings. The monoisotopic (exact) mass is 667 g/mol. The second-order valence-corrected chi connectivity index (χ2v) is 13.1. The first-order valence-corrected chi connectivity index (χ1v) is 16.9. The minimum absolute atomic E-state index is 0.00573. The van der Waals surface area contributed by atoms with Gasteiger partial charge in [-0.15, -0.1) is 0 Å². The molecular formula is C34H35Cl2N3O5S. The zero-order chi connectivity index (χ0) is 32.4. The zero-order valence-corrected chi connectivity index (χ0v) is 27.4. The lowest BCUT2D eigenvalue weighted by Crippen LogP contribution is -2.53. The number of rotatable bonds is 14. The van der Waals surface area contributed by atoms with E-state index in [0.717, 1.165) is 21.7 Å². The van der Waals surface area contributed by atoms with Crippen molar-refractivity contribution in [2.24, 2.45) is 0 Å². The van der Waals surface area contributed by atoms with Crippen LogP contribution in [-0.2, 0) is 39.2 Å². The van der Waals surface area contributed by atoms with Crippen LogP contribution < -0.4 is 14.4 Å². The van der Waals surface area contributed by atoms with E-state index in [1.54, 1.807) is 49.4 Å². The van der Waals surface area contributed by atoms with Crippen LogP contribution >= 0.6 is 23.2 Å². The first-order valence-electron chi connectivity index (χ1n) is 14.3. The number of anilines is 1. The number of hydrogen-bond acceptors (Lipinski definition) is 5. The van der Waals surface area contributed by atoms with Crippen LogP contribution in [0.1, 0.15) is 23.6 Å². The first kappa shape index (κ1) is 33.8. The normalized spacial score (nSPS) is 11.8. The van der Waals surface area contributed by atoms with Crippen LogP contribution in [0.15, 0.2) is 103 Å². The molecule has 236 valence electrons. The Kier molecular flexibility index (Phi) is 11.9. The molecule has 0 aliphatic carbocycles. The molecule has 11 heteroatoms. The lowest BCUT2D eigenvalue weighted by Gasteiger charge is -2.33. The molecule has 0 heterocycles. The quantitative estimate of drug-likeness (QED) is 0.175. The van der Waals surface area contributed by atoms with Crippen molar-refractivity contribution < 1.29 is 22.7 Å². The fourth-order valence-electron chi connectivity index (χ4n) is 4.74. The van der Waals surface area contributed by atoms with Gasteiger partial charge in [0.2, 0.25) is 21.8 Å². The summed E-state index contributed by atoms with van der Waals surface area (Å²) in [6.07, 6.45) is 1.25. The van der Waals surface area contributed by atoms with Crippen LogP contribution in [-0.4, -0.2) is 50.5 Å². The van der Waals surface area contributed by atoms with Gasteiger partial charge in [0, 0.05) is 19.5 Å². The number of benzene rings is 4. The Hall–Kier alpha value is -4.05. The molecule has 0 spiro atoms. The highest BCUT2D eigenvalue weighted by atomic mass is 35.5. The van der Waals surface area contributed by atoms with E-state index in [1.165, 1.54) is 4.90 Å². The third-order valence-corrected chi connectivity index (χ3v) is 8.89. The van der Waals surface area contributed by atoms with Crippen molar-refractivity contribution in [3.8, 4) is 5.75 Å². The number of likely N-dealkylation sites (N-methyl/N-ethyl adjacent to an activating group) is 1. The van der Waals surface area contributed by atoms with Crippen molar-refractivity contribution in [3.63, 3.8) is 0 Å². The summed E-state index contributed by atoms with van der Waals surface area (Å²) in [5.41, 5.74) is 2.74. The number of carbonyl (C=O) groups excluding carboxylic acids is 2. The van der Waals surface area contributed by atoms with Crippen LogP contribution in [0.2, 0.25) is 10.0 Å². The van der Waals surface area contributed by atoms with Gasteiger partial charge in [-0.3, -0.25) is 13.9 Å². The average molecular weight is 669 g/mol. The highest BCUT2D eigenvalue weighted by molar-refractivity contribution is 7.92. The van der Waals surface area contributed by atoms with Gasteiger partial charge in [-0.25, -0.2) is 8.42 Å². The number of carbonyl (C=O) groups is 2. The van der Waals surface area contributed by atoms with Crippen LogP contribution in [0, 0.1) is 0 Å². The molecular weight excluding hydrogens is 633 g/mol. The summed E-state index contributed by atoms with van der Waals surface area (Å²) in [6.45, 7) is 1.96. The molecule has 45 heavy (non-hydrogen) atoms. The van der Waals surface area contributed by atoms with Gasteiger partial charge < -0.3 is 15.0 Å². The molecule has 0 aliphatic heterocycles. The van der Waals surface area contributed by atoms with E-state index < -0.39 is 28.5 Å². The maximum absolute atomic E-state index is 14.2. The molecule has 4 aromatic rings. The van der Waals surface area contributed by atoms with Gasteiger partial charge in [0.05, 0.1) is 22.0 Å². The summed E-state index contributed by atoms with van der Waals surface area (Å²) in [5.74, 6) is -0.383. The molecule has 2 amide bonds. The van der Waals surface area contributed by atoms with Crippen molar-refractivity contribution in [2.45, 2.75) is 32.5 Å². The van der Waals surface area contributed by atoms with Crippen LogP contribution in [0.5, 0.6) is 5.75 Å². The van der Waals surface area contributed by atoms with Crippen LogP contribution in [0.25, 0.3) is 0 Å². The Labute approximate surface area is 274 Å². The Bertz CT molecular complexity index is 1690. The molecule has 0 aliphatic rings. The topological polar surface area (TPSA) is 96.0 Å². The molecule has 4 aromatic carbocycles. The predicted octanol–water partition coefficient (Wildman–Crippen LogP) is 6.11. The molecule has 0 saturated heterocycles. The second-order valence-electron chi connectivity index (χ2n) is 10.4. The van der Waals surface area contributed by atoms with Crippen LogP contribution in [0.3, 0.4) is 0 Å². The lowest BCUT2D eigenvalue weighted by atomic mass is 10.0. The summed E-state index contributed by atoms with van der Waals surface area (Å²) < 4.78 is 32.9. The summed E-state index contributed by atoms with van der Waals surface area (Å²) in [6, 6.07) is 29.5. The van der Waals surface area contributed by atoms with Crippen molar-refractivity contribution in [1.29, 1.82) is 0 Å². The van der Waals surface area contributed by atoms with E-state index in [9.17, 15) is 18.0 Å². The largest absolute Gasteiger partial charge is 0.489 e. The fourth-order valence-corrected chi connectivity index (χ4v) is 5.91. The molecule has 1 atom stereocenters. The highest BCUT2D eigenvalue weighted by Gasteiger charge is 2.33. The van der Waals surface area contributed by atoms with Gasteiger partial charge in [-0.1, -0.05) is 89.9 Å². The smallest absolute Gasteiger partial charge is 0.244 e. The van der Waals surface area contributed by atoms with Gasteiger partial charge >= 0.3 is 0 Å². The molecule has 0 saturated carbocycles. The fraction of sp³-hybridized carbons (Fsp3) is 0.235. The minimum Gasteiger partial charge on any atom is -0.489 e. The third-order valence-electron chi connectivity index (χ3n) is 7.01. The maximum atomic E-state index is 14.2. The minimum atomic E-state index is -3.91. The van der Waals surface area contributed by atoms with Gasteiger partial charge in [0.25, 0.3) is 0 Å². The molecule has 8 nitrogen and oxygen atoms in total. The Morgan fingerprint density at radius 2 is 1.44 bits per heavy atom. The standard InChI is InChI=1S/C34H35Cl2N3O5S/c1-3-37-34(41)32(21-25-10-6-4-7-11-25)38(22-27-14-19-30(35)31(36)20-27)33(40)23-39(45(2,42)43)28-15-17-29(18-16-28)44-24-26-12-8-5-9-13-26/h4-20,32H,3,21-24H2,1-2H3,(H,37,41). The van der Waals surface area contributed by atoms with Crippen molar-refractivity contribution in [2.75, 3.05) is 23.7 Å². The predicted molar refractivity (Wildman–Crippen MR) is 179 cm³/mol. The molecule has 1 N–H and O–H groups in total. The number of nitrogens with zero attached hydrogens (tertiary/aromatic N) is 2. The van der Waals surface area contributed by atoms with E-state index >= 15 is 0 Å². The summed E-state index contributed by atoms with van der Waals surface area (Å²) in [4.78, 5) is 29.0. The molecule has 0 radical (unpaired) electrons. The summed E-state index contributed by atoms with van der Waals surface area (Å²) in [7, 11) is -3.91. The zero-order valence-electron chi connectivity index (χ0n) is 25.0. The average Bonchev–Trinajstić information content (AvgIpc) is 3.03. The number of amides is 2. The van der Waals surface area contributed by atoms with Crippen molar-refractivity contribution >= 4 is 50.7 Å². The number of nitrogens with one attached hydrogen (secondary N) is 1. The van der Waals surface area contributed by atoms with E-state index in [1.807, 2.05) is 60.7 Å². The van der Waals surface area contributed by atoms with E-state index in [4.69, 9.17) is 27.9 Å². The SMILES string of the molecule is CCNC(=O)C(Cc1ccccc1)N(Cc1ccc(Cl)c(Cl)c1)C(=O)CN(c1ccc(OCc2ccccc2)cc1)S(C)(=O)=O. The van der Waals surface area contributed by atoms with Gasteiger partial charge in [-0.2, -0.15) is 0 Å². The maximum Gasteiger partial charge on any atom is 0.244 e. The van der Waals surface area contributed by atoms with E-state index in [0.29, 0.717) is 34.5 Å². The second kappa shape index (κ2) is 15.8. The third kappa shape index (κ3) is 9.72. The van der Waals surface area contributed by atoms with E-state index in [2.05, 4.69) is 5.32 Å². The Morgan fingerprint density at radius 1 is 0.822 bits per heavy atom. The molecule has 0 aromatic heterocycles. The molecule has 4 rings (SSSR count). The first-order chi connectivity index (χ1) is 21.5. The number of ether oxygens (including phenoxy) is 1.